The van der Waals surface area contributed by atoms with Gasteiger partial charge in [0.05, 0.1) is 11.2 Å². The molecule has 1 aliphatic rings. The number of piperidine rings is 1. The second kappa shape index (κ2) is 4.72. The van der Waals surface area contributed by atoms with Crippen LogP contribution in [0.3, 0.4) is 0 Å². The number of para-hydroxylation sites is 1. The molecule has 3 rings (SSSR count). The van der Waals surface area contributed by atoms with Gasteiger partial charge in [-0.3, -0.25) is 0 Å². The number of benzene rings is 1. The fraction of sp³-hybridized carbons (Fsp3) is 0.438. The van der Waals surface area contributed by atoms with E-state index in [-0.39, 0.29) is 0 Å². The van der Waals surface area contributed by atoms with E-state index < -0.39 is 0 Å². The number of anilines is 2. The third-order valence-electron chi connectivity index (χ3n) is 4.26. The van der Waals surface area contributed by atoms with E-state index >= 15 is 0 Å². The Morgan fingerprint density at radius 2 is 1.89 bits per heavy atom. The first-order valence-electron chi connectivity index (χ1n) is 7.06. The Kier molecular flexibility index (Phi) is 3.05. The summed E-state index contributed by atoms with van der Waals surface area (Å²) in [5, 5.41) is 1.16. The van der Waals surface area contributed by atoms with Crippen molar-refractivity contribution in [2.75, 3.05) is 23.7 Å². The first-order valence-corrected chi connectivity index (χ1v) is 7.06. The average Bonchev–Trinajstić information content (AvgIpc) is 2.44. The first-order chi connectivity index (χ1) is 9.16. The predicted octanol–water partition coefficient (Wildman–Crippen LogP) is 3.36. The minimum Gasteiger partial charge on any atom is -0.396 e. The van der Waals surface area contributed by atoms with E-state index in [0.29, 0.717) is 0 Å². The molecule has 0 bridgehead atoms. The summed E-state index contributed by atoms with van der Waals surface area (Å²) in [6, 6.07) is 8.24. The highest BCUT2D eigenvalue weighted by atomic mass is 15.2. The number of nitrogens with zero attached hydrogens (tertiary/aromatic N) is 2. The van der Waals surface area contributed by atoms with Gasteiger partial charge in [0.25, 0.3) is 0 Å². The summed E-state index contributed by atoms with van der Waals surface area (Å²) in [4.78, 5) is 7.13. The molecule has 0 saturated carbocycles. The fourth-order valence-corrected chi connectivity index (χ4v) is 2.84. The van der Waals surface area contributed by atoms with Crippen LogP contribution in [0.2, 0.25) is 0 Å². The van der Waals surface area contributed by atoms with Gasteiger partial charge in [-0.1, -0.05) is 25.1 Å². The zero-order valence-corrected chi connectivity index (χ0v) is 11.7. The van der Waals surface area contributed by atoms with Crippen molar-refractivity contribution >= 4 is 22.4 Å². The largest absolute Gasteiger partial charge is 0.396 e. The Hall–Kier alpha value is -1.77. The van der Waals surface area contributed by atoms with Gasteiger partial charge in [0, 0.05) is 18.5 Å². The molecule has 2 aromatic rings. The molecule has 0 aliphatic carbocycles. The van der Waals surface area contributed by atoms with Crippen LogP contribution in [0.1, 0.15) is 25.3 Å². The lowest BCUT2D eigenvalue weighted by atomic mass is 9.99. The Balaban J connectivity index is 2.06. The summed E-state index contributed by atoms with van der Waals surface area (Å²) in [7, 11) is 0. The number of aromatic nitrogens is 1. The number of hydrogen-bond donors (Lipinski definition) is 1. The summed E-state index contributed by atoms with van der Waals surface area (Å²) >= 11 is 0. The van der Waals surface area contributed by atoms with Gasteiger partial charge in [-0.25, -0.2) is 4.98 Å². The zero-order valence-electron chi connectivity index (χ0n) is 11.7. The number of nitrogen functional groups attached to an aromatic ring is 1. The molecule has 2 heterocycles. The molecule has 3 heteroatoms. The fourth-order valence-electron chi connectivity index (χ4n) is 2.84. The van der Waals surface area contributed by atoms with Gasteiger partial charge in [0.15, 0.2) is 5.82 Å². The van der Waals surface area contributed by atoms with Crippen LogP contribution >= 0.6 is 0 Å². The third kappa shape index (κ3) is 2.14. The lowest BCUT2D eigenvalue weighted by Crippen LogP contribution is -2.34. The molecule has 1 aromatic heterocycles. The highest BCUT2D eigenvalue weighted by molar-refractivity contribution is 5.90. The maximum atomic E-state index is 6.31. The van der Waals surface area contributed by atoms with Crippen LogP contribution in [-0.2, 0) is 0 Å². The van der Waals surface area contributed by atoms with Crippen molar-refractivity contribution < 1.29 is 0 Å². The van der Waals surface area contributed by atoms with Gasteiger partial charge in [0.2, 0.25) is 0 Å². The molecule has 0 unspecified atom stereocenters. The van der Waals surface area contributed by atoms with Crippen LogP contribution in [-0.4, -0.2) is 18.1 Å². The Morgan fingerprint density at radius 1 is 1.21 bits per heavy atom. The second-order valence-electron chi connectivity index (χ2n) is 5.66. The van der Waals surface area contributed by atoms with E-state index in [9.17, 15) is 0 Å². The number of nitrogens with two attached hydrogens (primary N) is 1. The van der Waals surface area contributed by atoms with Crippen molar-refractivity contribution in [3.8, 4) is 0 Å². The van der Waals surface area contributed by atoms with Crippen molar-refractivity contribution in [2.45, 2.75) is 26.7 Å². The highest BCUT2D eigenvalue weighted by Crippen LogP contribution is 2.32. The normalized spacial score (nSPS) is 17.1. The number of aryl methyl sites for hydroxylation is 1. The van der Waals surface area contributed by atoms with Crippen molar-refractivity contribution in [2.24, 2.45) is 5.92 Å². The summed E-state index contributed by atoms with van der Waals surface area (Å²) in [5.41, 5.74) is 9.35. The van der Waals surface area contributed by atoms with E-state index in [1.807, 2.05) is 12.1 Å². The quantitative estimate of drug-likeness (QED) is 0.849. The zero-order chi connectivity index (χ0) is 13.4. The lowest BCUT2D eigenvalue weighted by molar-refractivity contribution is 0.437. The molecule has 19 heavy (non-hydrogen) atoms. The molecular formula is C16H21N3. The number of pyridine rings is 1. The van der Waals surface area contributed by atoms with Gasteiger partial charge in [-0.2, -0.15) is 0 Å². The maximum Gasteiger partial charge on any atom is 0.152 e. The van der Waals surface area contributed by atoms with Gasteiger partial charge >= 0.3 is 0 Å². The summed E-state index contributed by atoms with van der Waals surface area (Å²) < 4.78 is 0. The topological polar surface area (TPSA) is 42.1 Å². The van der Waals surface area contributed by atoms with Gasteiger partial charge in [0.1, 0.15) is 0 Å². The van der Waals surface area contributed by atoms with E-state index in [0.717, 1.165) is 47.0 Å². The first kappa shape index (κ1) is 12.3. The third-order valence-corrected chi connectivity index (χ3v) is 4.26. The summed E-state index contributed by atoms with van der Waals surface area (Å²) in [6.45, 7) is 6.54. The average molecular weight is 255 g/mol. The smallest absolute Gasteiger partial charge is 0.152 e. The number of rotatable bonds is 1. The molecule has 1 saturated heterocycles. The van der Waals surface area contributed by atoms with Crippen LogP contribution in [0.4, 0.5) is 11.5 Å². The Bertz CT molecular complexity index is 598. The van der Waals surface area contributed by atoms with Gasteiger partial charge < -0.3 is 10.6 Å². The summed E-state index contributed by atoms with van der Waals surface area (Å²) in [6.07, 6.45) is 2.46. The molecule has 3 nitrogen and oxygen atoms in total. The molecule has 0 atom stereocenters. The molecule has 2 N–H and O–H groups in total. The molecule has 0 spiro atoms. The van der Waals surface area contributed by atoms with Crippen LogP contribution in [0.25, 0.3) is 10.9 Å². The maximum absolute atomic E-state index is 6.31. The SMILES string of the molecule is Cc1c(N)c(N2CCC(C)CC2)nc2ccccc12. The number of hydrogen-bond acceptors (Lipinski definition) is 3. The van der Waals surface area contributed by atoms with E-state index in [1.54, 1.807) is 0 Å². The van der Waals surface area contributed by atoms with E-state index in [4.69, 9.17) is 10.7 Å². The minimum absolute atomic E-state index is 0.819. The molecular weight excluding hydrogens is 234 g/mol. The molecule has 1 aromatic carbocycles. The Labute approximate surface area is 114 Å². The van der Waals surface area contributed by atoms with Crippen molar-refractivity contribution in [1.29, 1.82) is 0 Å². The predicted molar refractivity (Wildman–Crippen MR) is 81.5 cm³/mol. The van der Waals surface area contributed by atoms with Crippen LogP contribution in [0.5, 0.6) is 0 Å². The van der Waals surface area contributed by atoms with E-state index in [1.165, 1.54) is 12.8 Å². The van der Waals surface area contributed by atoms with Crippen LogP contribution < -0.4 is 10.6 Å². The minimum atomic E-state index is 0.819. The van der Waals surface area contributed by atoms with Crippen molar-refractivity contribution in [3.05, 3.63) is 29.8 Å². The standard InChI is InChI=1S/C16H21N3/c1-11-7-9-19(10-8-11)16-15(17)12(2)13-5-3-4-6-14(13)18-16/h3-6,11H,7-10,17H2,1-2H3. The van der Waals surface area contributed by atoms with Crippen molar-refractivity contribution in [3.63, 3.8) is 0 Å². The Morgan fingerprint density at radius 3 is 2.63 bits per heavy atom. The molecule has 0 amide bonds. The molecule has 1 fully saturated rings. The second-order valence-corrected chi connectivity index (χ2v) is 5.66. The van der Waals surface area contributed by atoms with Crippen LogP contribution in [0, 0.1) is 12.8 Å². The molecule has 0 radical (unpaired) electrons. The monoisotopic (exact) mass is 255 g/mol. The molecule has 100 valence electrons. The lowest BCUT2D eigenvalue weighted by Gasteiger charge is -2.32. The van der Waals surface area contributed by atoms with Gasteiger partial charge in [-0.05, 0) is 37.3 Å². The summed E-state index contributed by atoms with van der Waals surface area (Å²) in [5.74, 6) is 1.79. The molecule has 1 aliphatic heterocycles. The van der Waals surface area contributed by atoms with E-state index in [2.05, 4.69) is 30.9 Å². The van der Waals surface area contributed by atoms with Crippen molar-refractivity contribution in [1.82, 2.24) is 4.98 Å². The van der Waals surface area contributed by atoms with Crippen LogP contribution in [0.15, 0.2) is 24.3 Å². The highest BCUT2D eigenvalue weighted by Gasteiger charge is 2.20. The van der Waals surface area contributed by atoms with Gasteiger partial charge in [-0.15, -0.1) is 0 Å². The number of fused-ring (bicyclic) bond motifs is 1.